The van der Waals surface area contributed by atoms with Gasteiger partial charge in [0.2, 0.25) is 5.91 Å². The summed E-state index contributed by atoms with van der Waals surface area (Å²) in [6, 6.07) is 0.263. The van der Waals surface area contributed by atoms with E-state index < -0.39 is 0 Å². The van der Waals surface area contributed by atoms with E-state index in [9.17, 15) is 4.79 Å². The number of nitrogens with one attached hydrogen (secondary N) is 1. The zero-order valence-electron chi connectivity index (χ0n) is 13.0. The van der Waals surface area contributed by atoms with Crippen LogP contribution in [-0.4, -0.2) is 42.5 Å². The number of amides is 1. The predicted octanol–water partition coefficient (Wildman–Crippen LogP) is 1.60. The van der Waals surface area contributed by atoms with Gasteiger partial charge in [-0.3, -0.25) is 9.69 Å². The first-order valence-corrected chi connectivity index (χ1v) is 7.69. The maximum atomic E-state index is 12.1. The lowest BCUT2D eigenvalue weighted by Gasteiger charge is -2.36. The highest BCUT2D eigenvalue weighted by molar-refractivity contribution is 5.81. The first-order valence-electron chi connectivity index (χ1n) is 7.69. The molecule has 3 N–H and O–H groups in total. The largest absolute Gasteiger partial charge is 0.355 e. The Balaban J connectivity index is 2.29. The molecule has 0 radical (unpaired) electrons. The number of carbonyl (C=O) groups is 1. The van der Waals surface area contributed by atoms with Gasteiger partial charge in [0.05, 0.1) is 6.04 Å². The van der Waals surface area contributed by atoms with Gasteiger partial charge in [-0.15, -0.1) is 0 Å². The second kappa shape index (κ2) is 7.85. The van der Waals surface area contributed by atoms with Crippen molar-refractivity contribution in [3.05, 3.63) is 0 Å². The van der Waals surface area contributed by atoms with Gasteiger partial charge in [0.1, 0.15) is 0 Å². The van der Waals surface area contributed by atoms with E-state index in [-0.39, 0.29) is 18.0 Å². The minimum atomic E-state index is -0.0128. The standard InChI is InChI=1S/C15H31N3O/c1-11(2)5-8-17-15(19)13(4)18-9-6-14(7-10-18)12(3)16/h11-14H,5-10,16H2,1-4H3,(H,17,19). The summed E-state index contributed by atoms with van der Waals surface area (Å²) in [5, 5.41) is 3.04. The normalized spacial score (nSPS) is 21.4. The van der Waals surface area contributed by atoms with E-state index in [0.29, 0.717) is 11.8 Å². The van der Waals surface area contributed by atoms with E-state index in [1.807, 2.05) is 6.92 Å². The summed E-state index contributed by atoms with van der Waals surface area (Å²) in [5.74, 6) is 1.42. The molecule has 19 heavy (non-hydrogen) atoms. The fraction of sp³-hybridized carbons (Fsp3) is 0.933. The Labute approximate surface area is 118 Å². The molecule has 1 aliphatic rings. The van der Waals surface area contributed by atoms with Gasteiger partial charge in [-0.2, -0.15) is 0 Å². The van der Waals surface area contributed by atoms with E-state index in [1.54, 1.807) is 0 Å². The van der Waals surface area contributed by atoms with Gasteiger partial charge in [0.15, 0.2) is 0 Å². The molecule has 4 heteroatoms. The van der Waals surface area contributed by atoms with Gasteiger partial charge in [-0.1, -0.05) is 13.8 Å². The fourth-order valence-corrected chi connectivity index (χ4v) is 2.63. The van der Waals surface area contributed by atoms with Crippen molar-refractivity contribution < 1.29 is 4.79 Å². The third-order valence-electron chi connectivity index (χ3n) is 4.27. The van der Waals surface area contributed by atoms with E-state index in [2.05, 4.69) is 31.0 Å². The van der Waals surface area contributed by atoms with Crippen LogP contribution in [0.5, 0.6) is 0 Å². The average molecular weight is 269 g/mol. The number of piperidine rings is 1. The molecule has 0 aromatic rings. The van der Waals surface area contributed by atoms with Crippen LogP contribution in [0.4, 0.5) is 0 Å². The molecule has 1 amide bonds. The third-order valence-corrected chi connectivity index (χ3v) is 4.27. The number of hydrogen-bond acceptors (Lipinski definition) is 3. The Bertz CT molecular complexity index is 271. The van der Waals surface area contributed by atoms with E-state index in [0.717, 1.165) is 38.9 Å². The Morgan fingerprint density at radius 3 is 2.32 bits per heavy atom. The van der Waals surface area contributed by atoms with Crippen LogP contribution in [0.1, 0.15) is 47.0 Å². The summed E-state index contributed by atoms with van der Waals surface area (Å²) in [6.45, 7) is 11.2. The molecule has 0 spiro atoms. The maximum absolute atomic E-state index is 12.1. The van der Waals surface area contributed by atoms with Gasteiger partial charge < -0.3 is 11.1 Å². The molecule has 0 saturated carbocycles. The van der Waals surface area contributed by atoms with Crippen LogP contribution in [0.2, 0.25) is 0 Å². The zero-order chi connectivity index (χ0) is 14.4. The summed E-state index contributed by atoms with van der Waals surface area (Å²) in [4.78, 5) is 14.3. The molecule has 1 rings (SSSR count). The van der Waals surface area contributed by atoms with E-state index >= 15 is 0 Å². The lowest BCUT2D eigenvalue weighted by Crippen LogP contribution is -2.49. The Morgan fingerprint density at radius 1 is 1.26 bits per heavy atom. The van der Waals surface area contributed by atoms with Crippen molar-refractivity contribution in [3.8, 4) is 0 Å². The predicted molar refractivity (Wildman–Crippen MR) is 79.9 cm³/mol. The summed E-state index contributed by atoms with van der Waals surface area (Å²) in [7, 11) is 0. The molecule has 0 aromatic carbocycles. The van der Waals surface area contributed by atoms with Crippen LogP contribution in [0, 0.1) is 11.8 Å². The van der Waals surface area contributed by atoms with Crippen LogP contribution in [-0.2, 0) is 4.79 Å². The number of rotatable bonds is 6. The molecule has 4 nitrogen and oxygen atoms in total. The van der Waals surface area contributed by atoms with Crippen LogP contribution in [0.25, 0.3) is 0 Å². The smallest absolute Gasteiger partial charge is 0.237 e. The van der Waals surface area contributed by atoms with Gasteiger partial charge >= 0.3 is 0 Å². The van der Waals surface area contributed by atoms with E-state index in [4.69, 9.17) is 5.73 Å². The quantitative estimate of drug-likeness (QED) is 0.770. The van der Waals surface area contributed by atoms with Crippen LogP contribution in [0.15, 0.2) is 0 Å². The number of hydrogen-bond donors (Lipinski definition) is 2. The maximum Gasteiger partial charge on any atom is 0.237 e. The molecular weight excluding hydrogens is 238 g/mol. The monoisotopic (exact) mass is 269 g/mol. The number of nitrogens with zero attached hydrogens (tertiary/aromatic N) is 1. The van der Waals surface area contributed by atoms with Crippen molar-refractivity contribution in [2.45, 2.75) is 59.0 Å². The van der Waals surface area contributed by atoms with Gasteiger partial charge in [-0.25, -0.2) is 0 Å². The van der Waals surface area contributed by atoms with Gasteiger partial charge in [0, 0.05) is 12.6 Å². The fourth-order valence-electron chi connectivity index (χ4n) is 2.63. The van der Waals surface area contributed by atoms with Crippen molar-refractivity contribution in [3.63, 3.8) is 0 Å². The van der Waals surface area contributed by atoms with Crippen molar-refractivity contribution in [1.82, 2.24) is 10.2 Å². The number of carbonyl (C=O) groups excluding carboxylic acids is 1. The molecule has 1 fully saturated rings. The zero-order valence-corrected chi connectivity index (χ0v) is 13.0. The second-order valence-corrected chi connectivity index (χ2v) is 6.38. The third kappa shape index (κ3) is 5.49. The Kier molecular flexibility index (Phi) is 6.80. The number of nitrogens with two attached hydrogens (primary N) is 1. The lowest BCUT2D eigenvalue weighted by atomic mass is 9.90. The molecule has 2 unspecified atom stereocenters. The van der Waals surface area contributed by atoms with Crippen LogP contribution < -0.4 is 11.1 Å². The Hall–Kier alpha value is -0.610. The topological polar surface area (TPSA) is 58.4 Å². The van der Waals surface area contributed by atoms with Crippen LogP contribution >= 0.6 is 0 Å². The molecule has 1 aliphatic heterocycles. The minimum absolute atomic E-state index is 0.0128. The molecule has 0 aromatic heterocycles. The number of likely N-dealkylation sites (tertiary alicyclic amines) is 1. The first-order chi connectivity index (χ1) is 8.91. The molecule has 112 valence electrons. The molecular formula is C15H31N3O. The summed E-state index contributed by atoms with van der Waals surface area (Å²) in [6.07, 6.45) is 3.27. The van der Waals surface area contributed by atoms with E-state index in [1.165, 1.54) is 0 Å². The van der Waals surface area contributed by atoms with Crippen molar-refractivity contribution in [2.24, 2.45) is 17.6 Å². The van der Waals surface area contributed by atoms with Crippen molar-refractivity contribution >= 4 is 5.91 Å². The molecule has 1 heterocycles. The first kappa shape index (κ1) is 16.4. The molecule has 0 bridgehead atoms. The highest BCUT2D eigenvalue weighted by Crippen LogP contribution is 2.21. The molecule has 0 aliphatic carbocycles. The van der Waals surface area contributed by atoms with Gasteiger partial charge in [-0.05, 0) is 58.0 Å². The lowest BCUT2D eigenvalue weighted by molar-refractivity contribution is -0.126. The second-order valence-electron chi connectivity index (χ2n) is 6.38. The Morgan fingerprint density at radius 2 is 1.84 bits per heavy atom. The van der Waals surface area contributed by atoms with Gasteiger partial charge in [0.25, 0.3) is 0 Å². The van der Waals surface area contributed by atoms with Crippen molar-refractivity contribution in [2.75, 3.05) is 19.6 Å². The van der Waals surface area contributed by atoms with Crippen molar-refractivity contribution in [1.29, 1.82) is 0 Å². The highest BCUT2D eigenvalue weighted by Gasteiger charge is 2.27. The molecule has 1 saturated heterocycles. The summed E-state index contributed by atoms with van der Waals surface area (Å²) < 4.78 is 0. The SMILES string of the molecule is CC(C)CCNC(=O)C(C)N1CCC(C(C)N)CC1. The summed E-state index contributed by atoms with van der Waals surface area (Å²) >= 11 is 0. The molecule has 2 atom stereocenters. The van der Waals surface area contributed by atoms with Crippen LogP contribution in [0.3, 0.4) is 0 Å². The minimum Gasteiger partial charge on any atom is -0.355 e. The average Bonchev–Trinajstić information content (AvgIpc) is 2.37. The highest BCUT2D eigenvalue weighted by atomic mass is 16.2. The summed E-state index contributed by atoms with van der Waals surface area (Å²) in [5.41, 5.74) is 5.94.